The standard InChI is InChI=1S/C7H17NO/c1-5(6(8)9)7(2,3)4/h5-6,9H,8H2,1-4H3/t5-,6+/m0/s1. The molecule has 9 heavy (non-hydrogen) atoms. The van der Waals surface area contributed by atoms with Crippen LogP contribution in [0.1, 0.15) is 27.7 Å². The Morgan fingerprint density at radius 3 is 1.67 bits per heavy atom. The number of hydrogen-bond donors (Lipinski definition) is 2. The minimum Gasteiger partial charge on any atom is -0.379 e. The van der Waals surface area contributed by atoms with Gasteiger partial charge >= 0.3 is 0 Å². The van der Waals surface area contributed by atoms with Crippen molar-refractivity contribution in [1.82, 2.24) is 0 Å². The van der Waals surface area contributed by atoms with Crippen molar-refractivity contribution >= 4 is 0 Å². The molecule has 0 aromatic rings. The summed E-state index contributed by atoms with van der Waals surface area (Å²) in [6, 6.07) is 0. The molecule has 0 bridgehead atoms. The molecule has 2 atom stereocenters. The summed E-state index contributed by atoms with van der Waals surface area (Å²) < 4.78 is 0. The maximum absolute atomic E-state index is 8.93. The van der Waals surface area contributed by atoms with Crippen molar-refractivity contribution in [3.8, 4) is 0 Å². The van der Waals surface area contributed by atoms with Crippen LogP contribution in [0.25, 0.3) is 0 Å². The summed E-state index contributed by atoms with van der Waals surface area (Å²) in [5, 5.41) is 8.93. The molecular weight excluding hydrogens is 114 g/mol. The zero-order valence-electron chi connectivity index (χ0n) is 6.68. The summed E-state index contributed by atoms with van der Waals surface area (Å²) in [5.74, 6) is 0.150. The molecule has 0 amide bonds. The maximum Gasteiger partial charge on any atom is 0.105 e. The summed E-state index contributed by atoms with van der Waals surface area (Å²) in [6.45, 7) is 8.14. The minimum absolute atomic E-state index is 0.105. The van der Waals surface area contributed by atoms with Crippen LogP contribution in [0.3, 0.4) is 0 Å². The van der Waals surface area contributed by atoms with Crippen molar-refractivity contribution in [1.29, 1.82) is 0 Å². The lowest BCUT2D eigenvalue weighted by molar-refractivity contribution is 0.0594. The van der Waals surface area contributed by atoms with Gasteiger partial charge in [0.05, 0.1) is 0 Å². The average molecular weight is 131 g/mol. The molecule has 0 unspecified atom stereocenters. The van der Waals surface area contributed by atoms with E-state index in [4.69, 9.17) is 10.8 Å². The third-order valence-corrected chi connectivity index (χ3v) is 1.88. The van der Waals surface area contributed by atoms with Crippen LogP contribution in [0.5, 0.6) is 0 Å². The molecule has 2 heteroatoms. The summed E-state index contributed by atoms with van der Waals surface area (Å²) in [6.07, 6.45) is -0.690. The van der Waals surface area contributed by atoms with Crippen LogP contribution in [0, 0.1) is 11.3 Å². The molecule has 0 spiro atoms. The van der Waals surface area contributed by atoms with E-state index < -0.39 is 6.23 Å². The third kappa shape index (κ3) is 2.82. The second-order valence-electron chi connectivity index (χ2n) is 3.65. The summed E-state index contributed by atoms with van der Waals surface area (Å²) in [5.41, 5.74) is 5.38. The molecule has 0 aliphatic carbocycles. The Bertz CT molecular complexity index is 83.4. The molecule has 3 N–H and O–H groups in total. The average Bonchev–Trinajstić information content (AvgIpc) is 1.62. The Kier molecular flexibility index (Phi) is 2.65. The van der Waals surface area contributed by atoms with Crippen molar-refractivity contribution in [3.05, 3.63) is 0 Å². The summed E-state index contributed by atoms with van der Waals surface area (Å²) in [7, 11) is 0. The highest BCUT2D eigenvalue weighted by Gasteiger charge is 2.23. The molecule has 0 fully saturated rings. The van der Waals surface area contributed by atoms with E-state index in [1.807, 2.05) is 6.92 Å². The molecule has 0 aromatic carbocycles. The molecule has 0 radical (unpaired) electrons. The number of nitrogens with two attached hydrogens (primary N) is 1. The molecule has 0 aliphatic rings. The minimum atomic E-state index is -0.690. The molecule has 2 nitrogen and oxygen atoms in total. The van der Waals surface area contributed by atoms with Crippen molar-refractivity contribution in [2.24, 2.45) is 17.1 Å². The van der Waals surface area contributed by atoms with Crippen LogP contribution in [0.4, 0.5) is 0 Å². The quantitative estimate of drug-likeness (QED) is 0.520. The normalized spacial score (nSPS) is 19.3. The van der Waals surface area contributed by atoms with Gasteiger partial charge in [0.2, 0.25) is 0 Å². The van der Waals surface area contributed by atoms with E-state index in [-0.39, 0.29) is 11.3 Å². The second-order valence-corrected chi connectivity index (χ2v) is 3.65. The number of aliphatic hydroxyl groups is 1. The first kappa shape index (κ1) is 8.92. The van der Waals surface area contributed by atoms with Crippen LogP contribution >= 0.6 is 0 Å². The lowest BCUT2D eigenvalue weighted by Gasteiger charge is -2.28. The van der Waals surface area contributed by atoms with Gasteiger partial charge in [0.15, 0.2) is 0 Å². The maximum atomic E-state index is 8.93. The number of hydrogen-bond acceptors (Lipinski definition) is 2. The van der Waals surface area contributed by atoms with Gasteiger partial charge in [0.1, 0.15) is 6.23 Å². The molecule has 0 heterocycles. The van der Waals surface area contributed by atoms with Gasteiger partial charge in [-0.1, -0.05) is 27.7 Å². The molecular formula is C7H17NO. The Morgan fingerprint density at radius 1 is 1.33 bits per heavy atom. The monoisotopic (exact) mass is 131 g/mol. The van der Waals surface area contributed by atoms with Gasteiger partial charge in [-0.05, 0) is 5.41 Å². The predicted molar refractivity (Wildman–Crippen MR) is 38.8 cm³/mol. The topological polar surface area (TPSA) is 46.2 Å². The van der Waals surface area contributed by atoms with Crippen LogP contribution in [-0.2, 0) is 0 Å². The van der Waals surface area contributed by atoms with Crippen LogP contribution < -0.4 is 5.73 Å². The Morgan fingerprint density at radius 2 is 1.67 bits per heavy atom. The fourth-order valence-electron chi connectivity index (χ4n) is 0.512. The van der Waals surface area contributed by atoms with Gasteiger partial charge in [-0.3, -0.25) is 0 Å². The van der Waals surface area contributed by atoms with Crippen molar-refractivity contribution in [3.63, 3.8) is 0 Å². The lowest BCUT2D eigenvalue weighted by Crippen LogP contribution is -2.35. The zero-order chi connectivity index (χ0) is 7.65. The first-order chi connectivity index (χ1) is 3.85. The molecule has 0 aliphatic heterocycles. The molecule has 0 rings (SSSR count). The fourth-order valence-corrected chi connectivity index (χ4v) is 0.512. The molecule has 0 saturated carbocycles. The first-order valence-electron chi connectivity index (χ1n) is 3.29. The summed E-state index contributed by atoms with van der Waals surface area (Å²) >= 11 is 0. The second kappa shape index (κ2) is 2.67. The van der Waals surface area contributed by atoms with E-state index >= 15 is 0 Å². The van der Waals surface area contributed by atoms with Crippen LogP contribution in [-0.4, -0.2) is 11.3 Å². The van der Waals surface area contributed by atoms with Crippen molar-refractivity contribution in [2.45, 2.75) is 33.9 Å². The highest BCUT2D eigenvalue weighted by molar-refractivity contribution is 4.72. The van der Waals surface area contributed by atoms with Crippen molar-refractivity contribution < 1.29 is 5.11 Å². The lowest BCUT2D eigenvalue weighted by atomic mass is 9.81. The highest BCUT2D eigenvalue weighted by atomic mass is 16.3. The number of rotatable bonds is 1. The van der Waals surface area contributed by atoms with Gasteiger partial charge in [0.25, 0.3) is 0 Å². The largest absolute Gasteiger partial charge is 0.379 e. The zero-order valence-corrected chi connectivity index (χ0v) is 6.68. The van der Waals surface area contributed by atoms with Gasteiger partial charge in [-0.15, -0.1) is 0 Å². The molecule has 56 valence electrons. The SMILES string of the molecule is C[C@@H]([C@H](N)O)C(C)(C)C. The van der Waals surface area contributed by atoms with Gasteiger partial charge in [0, 0.05) is 5.92 Å². The molecule has 0 aromatic heterocycles. The van der Waals surface area contributed by atoms with E-state index in [0.717, 1.165) is 0 Å². The number of aliphatic hydroxyl groups excluding tert-OH is 1. The Hall–Kier alpha value is -0.0800. The highest BCUT2D eigenvalue weighted by Crippen LogP contribution is 2.26. The van der Waals surface area contributed by atoms with E-state index in [1.165, 1.54) is 0 Å². The third-order valence-electron chi connectivity index (χ3n) is 1.88. The predicted octanol–water partition coefficient (Wildman–Crippen LogP) is 0.946. The molecule has 0 saturated heterocycles. The van der Waals surface area contributed by atoms with Crippen LogP contribution in [0.15, 0.2) is 0 Å². The van der Waals surface area contributed by atoms with Crippen LogP contribution in [0.2, 0.25) is 0 Å². The first-order valence-corrected chi connectivity index (χ1v) is 3.29. The Labute approximate surface area is 57.1 Å². The van der Waals surface area contributed by atoms with E-state index in [9.17, 15) is 0 Å². The smallest absolute Gasteiger partial charge is 0.105 e. The summed E-state index contributed by atoms with van der Waals surface area (Å²) in [4.78, 5) is 0. The van der Waals surface area contributed by atoms with E-state index in [1.54, 1.807) is 0 Å². The van der Waals surface area contributed by atoms with Gasteiger partial charge in [-0.25, -0.2) is 0 Å². The van der Waals surface area contributed by atoms with E-state index in [2.05, 4.69) is 20.8 Å². The van der Waals surface area contributed by atoms with Gasteiger partial charge < -0.3 is 10.8 Å². The van der Waals surface area contributed by atoms with E-state index in [0.29, 0.717) is 0 Å². The van der Waals surface area contributed by atoms with Crippen molar-refractivity contribution in [2.75, 3.05) is 0 Å². The van der Waals surface area contributed by atoms with Gasteiger partial charge in [-0.2, -0.15) is 0 Å². The Balaban J connectivity index is 3.88. The fraction of sp³-hybridized carbons (Fsp3) is 1.00.